The molecule has 26 heavy (non-hydrogen) atoms. The average Bonchev–Trinajstić information content (AvgIpc) is 2.62. The molecule has 0 atom stereocenters. The predicted molar refractivity (Wildman–Crippen MR) is 110 cm³/mol. The number of thiocarbonyl (C=S) groups is 1. The first-order valence-electron chi connectivity index (χ1n) is 8.61. The first-order chi connectivity index (χ1) is 12.5. The molecule has 0 aliphatic rings. The van der Waals surface area contributed by atoms with E-state index in [0.717, 1.165) is 23.9 Å². The van der Waals surface area contributed by atoms with Gasteiger partial charge in [-0.15, -0.1) is 0 Å². The van der Waals surface area contributed by atoms with Crippen LogP contribution < -0.4 is 16.0 Å². The van der Waals surface area contributed by atoms with Crippen molar-refractivity contribution in [3.8, 4) is 6.07 Å². The molecule has 3 N–H and O–H groups in total. The van der Waals surface area contributed by atoms with Gasteiger partial charge < -0.3 is 20.7 Å². The lowest BCUT2D eigenvalue weighted by atomic mass is 10.0. The van der Waals surface area contributed by atoms with Crippen molar-refractivity contribution in [2.75, 3.05) is 38.7 Å². The molecule has 0 radical (unpaired) electrons. The van der Waals surface area contributed by atoms with Gasteiger partial charge in [0, 0.05) is 32.1 Å². The largest absolute Gasteiger partial charge is 0.383 e. The van der Waals surface area contributed by atoms with Crippen molar-refractivity contribution in [2.24, 2.45) is 0 Å². The van der Waals surface area contributed by atoms with Crippen molar-refractivity contribution in [1.82, 2.24) is 15.6 Å². The van der Waals surface area contributed by atoms with Crippen molar-refractivity contribution in [3.63, 3.8) is 0 Å². The quantitative estimate of drug-likeness (QED) is 0.486. The summed E-state index contributed by atoms with van der Waals surface area (Å²) in [5.41, 5.74) is 3.85. The zero-order chi connectivity index (χ0) is 18.9. The molecular weight excluding hydrogens is 346 g/mol. The number of methoxy groups -OCH3 is 1. The lowest BCUT2D eigenvalue weighted by molar-refractivity contribution is 0.204. The Morgan fingerprint density at radius 3 is 2.62 bits per heavy atom. The van der Waals surface area contributed by atoms with E-state index in [4.69, 9.17) is 17.0 Å². The van der Waals surface area contributed by atoms with Crippen molar-refractivity contribution in [1.29, 1.82) is 5.26 Å². The monoisotopic (exact) mass is 371 g/mol. The Kier molecular flexibility index (Phi) is 7.57. The molecule has 0 bridgehead atoms. The number of aryl methyl sites for hydroxylation is 2. The van der Waals surface area contributed by atoms with E-state index < -0.39 is 0 Å². The molecule has 0 saturated heterocycles. The molecule has 1 heterocycles. The number of fused-ring (bicyclic) bond motifs is 1. The summed E-state index contributed by atoms with van der Waals surface area (Å²) in [4.78, 5) is 4.62. The SMILES string of the molecule is COCCNC(=S)NCCCNc1nc2cc(C)c(C)cc2cc1C#N. The molecule has 6 nitrogen and oxygen atoms in total. The molecule has 7 heteroatoms. The minimum absolute atomic E-state index is 0.561. The van der Waals surface area contributed by atoms with E-state index in [1.54, 1.807) is 7.11 Å². The van der Waals surface area contributed by atoms with Gasteiger partial charge in [-0.2, -0.15) is 5.26 Å². The number of nitriles is 1. The summed E-state index contributed by atoms with van der Waals surface area (Å²) in [6, 6.07) is 8.25. The normalized spacial score (nSPS) is 10.4. The van der Waals surface area contributed by atoms with Gasteiger partial charge in [0.1, 0.15) is 11.9 Å². The molecule has 2 aromatic rings. The smallest absolute Gasteiger partial charge is 0.166 e. The highest BCUT2D eigenvalue weighted by molar-refractivity contribution is 7.80. The van der Waals surface area contributed by atoms with Gasteiger partial charge in [-0.05, 0) is 61.8 Å². The number of anilines is 1. The highest BCUT2D eigenvalue weighted by Gasteiger charge is 2.08. The van der Waals surface area contributed by atoms with Gasteiger partial charge in [0.15, 0.2) is 5.11 Å². The van der Waals surface area contributed by atoms with E-state index in [1.165, 1.54) is 11.1 Å². The third kappa shape index (κ3) is 5.55. The van der Waals surface area contributed by atoms with Crippen LogP contribution in [-0.4, -0.2) is 43.4 Å². The van der Waals surface area contributed by atoms with Gasteiger partial charge in [0.05, 0.1) is 17.7 Å². The molecule has 0 aliphatic carbocycles. The Morgan fingerprint density at radius 2 is 1.88 bits per heavy atom. The van der Waals surface area contributed by atoms with Crippen LogP contribution in [0.1, 0.15) is 23.1 Å². The molecule has 0 aliphatic heterocycles. The second-order valence-electron chi connectivity index (χ2n) is 6.08. The third-order valence-corrected chi connectivity index (χ3v) is 4.36. The van der Waals surface area contributed by atoms with Crippen LogP contribution in [0.5, 0.6) is 0 Å². The predicted octanol–water partition coefficient (Wildman–Crippen LogP) is 2.64. The van der Waals surface area contributed by atoms with Crippen LogP contribution in [0.4, 0.5) is 5.82 Å². The summed E-state index contributed by atoms with van der Waals surface area (Å²) in [7, 11) is 1.66. The summed E-state index contributed by atoms with van der Waals surface area (Å²) in [6.07, 6.45) is 0.851. The summed E-state index contributed by atoms with van der Waals surface area (Å²) >= 11 is 5.17. The molecule has 138 valence electrons. The highest BCUT2D eigenvalue weighted by Crippen LogP contribution is 2.23. The molecule has 2 rings (SSSR count). The molecule has 0 spiro atoms. The minimum atomic E-state index is 0.561. The fourth-order valence-corrected chi connectivity index (χ4v) is 2.69. The van der Waals surface area contributed by atoms with Gasteiger partial charge >= 0.3 is 0 Å². The van der Waals surface area contributed by atoms with Gasteiger partial charge in [-0.3, -0.25) is 0 Å². The van der Waals surface area contributed by atoms with E-state index in [-0.39, 0.29) is 0 Å². The molecule has 1 aromatic carbocycles. The summed E-state index contributed by atoms with van der Waals surface area (Å²) < 4.78 is 4.96. The Hall–Kier alpha value is -2.43. The molecule has 0 saturated carbocycles. The number of benzene rings is 1. The molecule has 0 fully saturated rings. The summed E-state index contributed by atoms with van der Waals surface area (Å²) in [5, 5.41) is 20.5. The van der Waals surface area contributed by atoms with Gasteiger partial charge in [-0.25, -0.2) is 4.98 Å². The number of hydrogen-bond donors (Lipinski definition) is 3. The van der Waals surface area contributed by atoms with E-state index in [2.05, 4.69) is 53.0 Å². The first kappa shape index (κ1) is 19.9. The number of aromatic nitrogens is 1. The number of hydrogen-bond acceptors (Lipinski definition) is 5. The fraction of sp³-hybridized carbons (Fsp3) is 0.421. The van der Waals surface area contributed by atoms with Gasteiger partial charge in [-0.1, -0.05) is 0 Å². The second-order valence-corrected chi connectivity index (χ2v) is 6.49. The Bertz CT molecular complexity index is 816. The van der Waals surface area contributed by atoms with Crippen LogP contribution in [0.2, 0.25) is 0 Å². The molecule has 0 unspecified atom stereocenters. The second kappa shape index (κ2) is 9.90. The van der Waals surface area contributed by atoms with E-state index in [1.807, 2.05) is 6.07 Å². The van der Waals surface area contributed by atoms with Crippen LogP contribution in [0, 0.1) is 25.2 Å². The van der Waals surface area contributed by atoms with Crippen LogP contribution >= 0.6 is 12.2 Å². The van der Waals surface area contributed by atoms with Crippen molar-refractivity contribution >= 4 is 34.1 Å². The van der Waals surface area contributed by atoms with Gasteiger partial charge in [0.25, 0.3) is 0 Å². The maximum atomic E-state index is 9.40. The standard InChI is InChI=1S/C19H25N5OS/c1-13-9-15-11-16(12-20)18(24-17(15)10-14(13)2)21-5-4-6-22-19(26)23-7-8-25-3/h9-11H,4-8H2,1-3H3,(H,21,24)(H2,22,23,26). The Balaban J connectivity index is 1.89. The lowest BCUT2D eigenvalue weighted by Crippen LogP contribution is -2.37. The van der Waals surface area contributed by atoms with Crippen molar-refractivity contribution in [2.45, 2.75) is 20.3 Å². The number of ether oxygens (including phenoxy) is 1. The van der Waals surface area contributed by atoms with Crippen molar-refractivity contribution in [3.05, 3.63) is 34.9 Å². The minimum Gasteiger partial charge on any atom is -0.383 e. The summed E-state index contributed by atoms with van der Waals surface area (Å²) in [5.74, 6) is 0.629. The number of pyridine rings is 1. The molecular formula is C19H25N5OS. The van der Waals surface area contributed by atoms with Crippen molar-refractivity contribution < 1.29 is 4.74 Å². The average molecular weight is 372 g/mol. The van der Waals surface area contributed by atoms with Crippen LogP contribution in [-0.2, 0) is 4.74 Å². The van der Waals surface area contributed by atoms with E-state index in [9.17, 15) is 5.26 Å². The van der Waals surface area contributed by atoms with Crippen LogP contribution in [0.15, 0.2) is 18.2 Å². The number of nitrogens with zero attached hydrogens (tertiary/aromatic N) is 2. The molecule has 1 aromatic heterocycles. The lowest BCUT2D eigenvalue weighted by Gasteiger charge is -2.12. The van der Waals surface area contributed by atoms with E-state index >= 15 is 0 Å². The van der Waals surface area contributed by atoms with Crippen LogP contribution in [0.25, 0.3) is 10.9 Å². The summed E-state index contributed by atoms with van der Waals surface area (Å²) in [6.45, 7) is 6.87. The number of nitrogens with one attached hydrogen (secondary N) is 3. The first-order valence-corrected chi connectivity index (χ1v) is 9.02. The topological polar surface area (TPSA) is 82.0 Å². The van der Waals surface area contributed by atoms with Gasteiger partial charge in [0.2, 0.25) is 0 Å². The number of rotatable bonds is 8. The zero-order valence-electron chi connectivity index (χ0n) is 15.5. The Labute approximate surface area is 159 Å². The third-order valence-electron chi connectivity index (χ3n) is 4.07. The Morgan fingerprint density at radius 1 is 1.15 bits per heavy atom. The maximum Gasteiger partial charge on any atom is 0.166 e. The molecule has 0 amide bonds. The zero-order valence-corrected chi connectivity index (χ0v) is 16.3. The maximum absolute atomic E-state index is 9.40. The fourth-order valence-electron chi connectivity index (χ4n) is 2.49. The van der Waals surface area contributed by atoms with Crippen LogP contribution in [0.3, 0.4) is 0 Å². The van der Waals surface area contributed by atoms with E-state index in [0.29, 0.717) is 36.2 Å². The highest BCUT2D eigenvalue weighted by atomic mass is 32.1.